The summed E-state index contributed by atoms with van der Waals surface area (Å²) in [7, 11) is 0. The van der Waals surface area contributed by atoms with Crippen LogP contribution >= 0.6 is 0 Å². The second-order valence-corrected chi connectivity index (χ2v) is 11.1. The van der Waals surface area contributed by atoms with Crippen LogP contribution in [0.4, 0.5) is 0 Å². The Balaban J connectivity index is 1.66. The summed E-state index contributed by atoms with van der Waals surface area (Å²) in [5, 5.41) is 10.6. The molecule has 4 aliphatic rings. The van der Waals surface area contributed by atoms with Gasteiger partial charge in [-0.15, -0.1) is 0 Å². The first-order valence-electron chi connectivity index (χ1n) is 10.8. The number of hydrogen-bond donors (Lipinski definition) is 1. The third-order valence-electron chi connectivity index (χ3n) is 9.56. The van der Waals surface area contributed by atoms with E-state index in [2.05, 4.69) is 13.8 Å². The first-order chi connectivity index (χ1) is 12.1. The quantitative estimate of drug-likeness (QED) is 0.742. The largest absolute Gasteiger partial charge is 0.390 e. The maximum Gasteiger partial charge on any atom is 0.137 e. The lowest BCUT2D eigenvalue weighted by Gasteiger charge is -2.61. The molecule has 0 spiro atoms. The molecule has 1 N–H and O–H groups in total. The molecule has 4 rings (SSSR count). The minimum absolute atomic E-state index is 0.0158. The lowest BCUT2D eigenvalue weighted by Crippen LogP contribution is -2.59. The summed E-state index contributed by atoms with van der Waals surface area (Å²) in [6, 6.07) is 0. The fourth-order valence-electron chi connectivity index (χ4n) is 8.24. The molecule has 0 aromatic heterocycles. The lowest BCUT2D eigenvalue weighted by atomic mass is 9.43. The van der Waals surface area contributed by atoms with Crippen LogP contribution in [0.1, 0.15) is 79.1 Å². The van der Waals surface area contributed by atoms with Gasteiger partial charge in [0.1, 0.15) is 12.1 Å². The van der Waals surface area contributed by atoms with E-state index in [1.807, 2.05) is 13.8 Å². The highest BCUT2D eigenvalue weighted by atomic mass is 16.3. The second-order valence-electron chi connectivity index (χ2n) is 11.1. The summed E-state index contributed by atoms with van der Waals surface area (Å²) in [4.78, 5) is 25.0. The summed E-state index contributed by atoms with van der Waals surface area (Å²) >= 11 is 0. The van der Waals surface area contributed by atoms with Crippen LogP contribution < -0.4 is 0 Å². The molecule has 0 bridgehead atoms. The van der Waals surface area contributed by atoms with Crippen molar-refractivity contribution < 1.29 is 14.7 Å². The highest BCUT2D eigenvalue weighted by Gasteiger charge is 2.64. The van der Waals surface area contributed by atoms with E-state index in [9.17, 15) is 14.7 Å². The monoisotopic (exact) mass is 360 g/mol. The zero-order valence-corrected chi connectivity index (χ0v) is 17.0. The molecule has 0 aromatic rings. The third kappa shape index (κ3) is 2.48. The Kier molecular flexibility index (Phi) is 4.23. The summed E-state index contributed by atoms with van der Waals surface area (Å²) in [5.41, 5.74) is -0.471. The lowest BCUT2D eigenvalue weighted by molar-refractivity contribution is -0.168. The first-order valence-corrected chi connectivity index (χ1v) is 10.8. The van der Waals surface area contributed by atoms with E-state index in [-0.39, 0.29) is 22.7 Å². The predicted molar refractivity (Wildman–Crippen MR) is 101 cm³/mol. The fraction of sp³-hybridized carbons (Fsp3) is 0.913. The number of aliphatic hydroxyl groups is 1. The Hall–Kier alpha value is -0.700. The molecular formula is C23H36O3. The molecule has 0 heterocycles. The van der Waals surface area contributed by atoms with Gasteiger partial charge in [-0.2, -0.15) is 0 Å². The van der Waals surface area contributed by atoms with Crippen LogP contribution in [0.3, 0.4) is 0 Å². The number of ketones is 1. The number of carbonyl (C=O) groups excluding carboxylic acids is 2. The van der Waals surface area contributed by atoms with E-state index in [4.69, 9.17) is 0 Å². The van der Waals surface area contributed by atoms with Crippen molar-refractivity contribution in [2.45, 2.75) is 84.7 Å². The number of hydrogen-bond acceptors (Lipinski definition) is 3. The van der Waals surface area contributed by atoms with Crippen molar-refractivity contribution in [2.24, 2.45) is 46.3 Å². The van der Waals surface area contributed by atoms with Gasteiger partial charge in [-0.3, -0.25) is 4.79 Å². The Morgan fingerprint density at radius 1 is 1.08 bits per heavy atom. The van der Waals surface area contributed by atoms with Gasteiger partial charge in [0.05, 0.1) is 5.60 Å². The SMILES string of the molecule is C[C@H](C=O)[C@H]1CC[C@H]2[C@@H]3CC[C@H]4C[C@@](C)(O)CC[C@]4(C)[C@H]3C(=O)C[C@]12C. The van der Waals surface area contributed by atoms with Crippen LogP contribution in [0.5, 0.6) is 0 Å². The molecule has 146 valence electrons. The van der Waals surface area contributed by atoms with Crippen molar-refractivity contribution in [3.05, 3.63) is 0 Å². The second kappa shape index (κ2) is 5.90. The zero-order chi connectivity index (χ0) is 18.9. The van der Waals surface area contributed by atoms with Gasteiger partial charge in [-0.25, -0.2) is 0 Å². The van der Waals surface area contributed by atoms with E-state index in [0.717, 1.165) is 44.8 Å². The molecule has 0 aromatic carbocycles. The van der Waals surface area contributed by atoms with Gasteiger partial charge in [0, 0.05) is 18.3 Å². The average molecular weight is 361 g/mol. The van der Waals surface area contributed by atoms with Crippen LogP contribution in [0.15, 0.2) is 0 Å². The molecule has 0 saturated heterocycles. The molecule has 0 aliphatic heterocycles. The molecule has 4 fully saturated rings. The molecule has 4 aliphatic carbocycles. The molecule has 4 saturated carbocycles. The minimum atomic E-state index is -0.554. The Bertz CT molecular complexity index is 611. The molecular weight excluding hydrogens is 324 g/mol. The van der Waals surface area contributed by atoms with Gasteiger partial charge in [-0.05, 0) is 86.4 Å². The summed E-state index contributed by atoms with van der Waals surface area (Å²) < 4.78 is 0. The van der Waals surface area contributed by atoms with Gasteiger partial charge in [0.25, 0.3) is 0 Å². The van der Waals surface area contributed by atoms with Crippen LogP contribution in [-0.2, 0) is 9.59 Å². The molecule has 0 amide bonds. The van der Waals surface area contributed by atoms with E-state index < -0.39 is 5.60 Å². The van der Waals surface area contributed by atoms with Crippen molar-refractivity contribution in [3.63, 3.8) is 0 Å². The maximum atomic E-state index is 13.5. The minimum Gasteiger partial charge on any atom is -0.390 e. The smallest absolute Gasteiger partial charge is 0.137 e. The molecule has 0 radical (unpaired) electrons. The Morgan fingerprint density at radius 2 is 1.81 bits per heavy atom. The number of fused-ring (bicyclic) bond motifs is 5. The fourth-order valence-corrected chi connectivity index (χ4v) is 8.24. The van der Waals surface area contributed by atoms with Crippen molar-refractivity contribution >= 4 is 12.1 Å². The average Bonchev–Trinajstić information content (AvgIpc) is 2.91. The van der Waals surface area contributed by atoms with Crippen molar-refractivity contribution in [1.82, 2.24) is 0 Å². The number of aldehydes is 1. The topological polar surface area (TPSA) is 54.4 Å². The van der Waals surface area contributed by atoms with Gasteiger partial charge >= 0.3 is 0 Å². The van der Waals surface area contributed by atoms with Crippen molar-refractivity contribution in [3.8, 4) is 0 Å². The summed E-state index contributed by atoms with van der Waals surface area (Å²) in [6.45, 7) is 8.68. The number of carbonyl (C=O) groups is 2. The van der Waals surface area contributed by atoms with Gasteiger partial charge in [0.15, 0.2) is 0 Å². The van der Waals surface area contributed by atoms with Crippen LogP contribution in [-0.4, -0.2) is 22.8 Å². The maximum absolute atomic E-state index is 13.5. The number of Topliss-reactive ketones (excluding diaryl/α,β-unsaturated/α-hetero) is 1. The van der Waals surface area contributed by atoms with Crippen molar-refractivity contribution in [1.29, 1.82) is 0 Å². The van der Waals surface area contributed by atoms with Crippen LogP contribution in [0, 0.1) is 46.3 Å². The predicted octanol–water partition coefficient (Wildman–Crippen LogP) is 4.41. The zero-order valence-electron chi connectivity index (χ0n) is 17.0. The van der Waals surface area contributed by atoms with Gasteiger partial charge in [0.2, 0.25) is 0 Å². The summed E-state index contributed by atoms with van der Waals surface area (Å²) in [5.74, 6) is 2.64. The third-order valence-corrected chi connectivity index (χ3v) is 9.56. The molecule has 26 heavy (non-hydrogen) atoms. The summed E-state index contributed by atoms with van der Waals surface area (Å²) in [6.07, 6.45) is 9.01. The van der Waals surface area contributed by atoms with Gasteiger partial charge in [-0.1, -0.05) is 20.8 Å². The molecule has 0 unspecified atom stereocenters. The first kappa shape index (κ1) is 18.7. The van der Waals surface area contributed by atoms with Gasteiger partial charge < -0.3 is 9.90 Å². The highest BCUT2D eigenvalue weighted by Crippen LogP contribution is 2.67. The van der Waals surface area contributed by atoms with Crippen LogP contribution in [0.25, 0.3) is 0 Å². The van der Waals surface area contributed by atoms with Crippen molar-refractivity contribution in [2.75, 3.05) is 0 Å². The normalized spacial score (nSPS) is 54.8. The molecule has 3 heteroatoms. The van der Waals surface area contributed by atoms with E-state index in [0.29, 0.717) is 35.9 Å². The molecule has 3 nitrogen and oxygen atoms in total. The molecule has 9 atom stereocenters. The Labute approximate surface area is 158 Å². The van der Waals surface area contributed by atoms with E-state index >= 15 is 0 Å². The van der Waals surface area contributed by atoms with E-state index in [1.54, 1.807) is 0 Å². The van der Waals surface area contributed by atoms with E-state index in [1.165, 1.54) is 6.42 Å². The standard InChI is InChI=1S/C23H36O3/c1-14(13-24)17-7-8-18-16-6-5-15-11-21(2,26)9-10-22(15,3)20(16)19(25)12-23(17,18)4/h13-18,20,26H,5-12H2,1-4H3/t14-,15+,16+,17-,18+,20-,21+,22+,23-/m1/s1. The Morgan fingerprint density at radius 3 is 2.50 bits per heavy atom. The van der Waals surface area contributed by atoms with Crippen LogP contribution in [0.2, 0.25) is 0 Å². The highest BCUT2D eigenvalue weighted by molar-refractivity contribution is 5.84. The number of rotatable bonds is 2.